The van der Waals surface area contributed by atoms with Gasteiger partial charge < -0.3 is 4.74 Å². The lowest BCUT2D eigenvalue weighted by atomic mass is 10.0. The number of aromatic nitrogens is 1. The predicted octanol–water partition coefficient (Wildman–Crippen LogP) is 6.47. The van der Waals surface area contributed by atoms with Gasteiger partial charge in [0, 0.05) is 10.5 Å². The smallest absolute Gasteiger partial charge is 0.397 e. The van der Waals surface area contributed by atoms with E-state index in [0.717, 1.165) is 16.0 Å². The lowest BCUT2D eigenvalue weighted by Gasteiger charge is -2.14. The zero-order valence-corrected chi connectivity index (χ0v) is 16.5. The van der Waals surface area contributed by atoms with E-state index in [-0.39, 0.29) is 5.01 Å². The highest BCUT2D eigenvalue weighted by molar-refractivity contribution is 7.98. The number of anilines is 1. The van der Waals surface area contributed by atoms with Gasteiger partial charge in [0.05, 0.1) is 10.7 Å². The normalized spacial score (nSPS) is 11.3. The van der Waals surface area contributed by atoms with E-state index < -0.39 is 23.0 Å². The first-order valence-corrected chi connectivity index (χ1v) is 10.1. The van der Waals surface area contributed by atoms with Crippen molar-refractivity contribution in [2.45, 2.75) is 18.0 Å². The Morgan fingerprint density at radius 2 is 1.75 bits per heavy atom. The molecule has 1 heterocycles. The first-order valence-electron chi connectivity index (χ1n) is 8.05. The minimum absolute atomic E-state index is 0.157. The van der Waals surface area contributed by atoms with Crippen LogP contribution < -0.4 is 10.1 Å². The van der Waals surface area contributed by atoms with Crippen LogP contribution in [0.3, 0.4) is 0 Å². The van der Waals surface area contributed by atoms with E-state index in [2.05, 4.69) is 10.3 Å². The monoisotopic (exact) mass is 424 g/mol. The second-order valence-corrected chi connectivity index (χ2v) is 7.64. The zero-order chi connectivity index (χ0) is 20.3. The quantitative estimate of drug-likeness (QED) is 0.488. The predicted molar refractivity (Wildman–Crippen MR) is 105 cm³/mol. The van der Waals surface area contributed by atoms with Crippen molar-refractivity contribution in [2.24, 2.45) is 0 Å². The van der Waals surface area contributed by atoms with Gasteiger partial charge in [-0.2, -0.15) is 13.2 Å². The number of nitrogens with zero attached hydrogens (tertiary/aromatic N) is 1. The van der Waals surface area contributed by atoms with Gasteiger partial charge in [0.1, 0.15) is 0 Å². The number of thioether (sulfide) groups is 1. The standard InChI is InChI=1S/C19H15F3N2O2S2/c1-11-23-16(19(20,21)22)17(28-11)26-18(25)24-14-9-5-3-7-12(14)13-8-4-6-10-15(13)27-2/h3-10H,1-2H3,(H,24,25). The fourth-order valence-electron chi connectivity index (χ4n) is 2.57. The van der Waals surface area contributed by atoms with Crippen LogP contribution in [-0.2, 0) is 6.18 Å². The summed E-state index contributed by atoms with van der Waals surface area (Å²) in [6, 6.07) is 14.7. The molecule has 0 fully saturated rings. The van der Waals surface area contributed by atoms with Gasteiger partial charge >= 0.3 is 12.3 Å². The number of rotatable bonds is 4. The first kappa shape index (κ1) is 20.2. The van der Waals surface area contributed by atoms with E-state index >= 15 is 0 Å². The van der Waals surface area contributed by atoms with Crippen molar-refractivity contribution in [3.63, 3.8) is 0 Å². The summed E-state index contributed by atoms with van der Waals surface area (Å²) in [5, 5.41) is 2.12. The van der Waals surface area contributed by atoms with Gasteiger partial charge in [-0.1, -0.05) is 47.7 Å². The van der Waals surface area contributed by atoms with Crippen LogP contribution in [0.2, 0.25) is 0 Å². The molecule has 0 aliphatic heterocycles. The van der Waals surface area contributed by atoms with Gasteiger partial charge in [0.2, 0.25) is 5.06 Å². The summed E-state index contributed by atoms with van der Waals surface area (Å²) in [6.07, 6.45) is -3.77. The fourth-order valence-corrected chi connectivity index (χ4v) is 3.96. The summed E-state index contributed by atoms with van der Waals surface area (Å²) in [6.45, 7) is 1.42. The number of carbonyl (C=O) groups excluding carboxylic acids is 1. The first-order chi connectivity index (χ1) is 13.3. The van der Waals surface area contributed by atoms with Crippen molar-refractivity contribution in [3.05, 3.63) is 59.2 Å². The minimum Gasteiger partial charge on any atom is -0.397 e. The number of aryl methyl sites for hydroxylation is 1. The van der Waals surface area contributed by atoms with Crippen molar-refractivity contribution < 1.29 is 22.7 Å². The second kappa shape index (κ2) is 8.24. The zero-order valence-electron chi connectivity index (χ0n) is 14.8. The van der Waals surface area contributed by atoms with Crippen LogP contribution >= 0.6 is 23.1 Å². The highest BCUT2D eigenvalue weighted by Crippen LogP contribution is 2.40. The van der Waals surface area contributed by atoms with Crippen molar-refractivity contribution in [1.29, 1.82) is 0 Å². The highest BCUT2D eigenvalue weighted by atomic mass is 32.2. The second-order valence-electron chi connectivity index (χ2n) is 5.63. The Labute approximate surface area is 167 Å². The van der Waals surface area contributed by atoms with Crippen LogP contribution in [0.4, 0.5) is 23.7 Å². The molecule has 0 radical (unpaired) electrons. The molecule has 0 aliphatic carbocycles. The Bertz CT molecular complexity index is 1000. The number of amides is 1. The molecule has 146 valence electrons. The molecule has 9 heteroatoms. The third-order valence-electron chi connectivity index (χ3n) is 3.72. The van der Waals surface area contributed by atoms with E-state index in [1.165, 1.54) is 6.92 Å². The average molecular weight is 424 g/mol. The number of benzene rings is 2. The van der Waals surface area contributed by atoms with Crippen molar-refractivity contribution >= 4 is 34.9 Å². The largest absolute Gasteiger partial charge is 0.438 e. The molecule has 2 aromatic carbocycles. The molecule has 4 nitrogen and oxygen atoms in total. The van der Waals surface area contributed by atoms with Gasteiger partial charge in [0.25, 0.3) is 0 Å². The van der Waals surface area contributed by atoms with Crippen LogP contribution in [0.5, 0.6) is 5.06 Å². The molecule has 0 atom stereocenters. The maximum atomic E-state index is 13.0. The number of hydrogen-bond acceptors (Lipinski definition) is 5. The molecule has 0 saturated carbocycles. The number of halogens is 3. The number of carbonyl (C=O) groups is 1. The lowest BCUT2D eigenvalue weighted by Crippen LogP contribution is -2.19. The summed E-state index contributed by atoms with van der Waals surface area (Å²) < 4.78 is 44.0. The number of ether oxygens (including phenoxy) is 1. The van der Waals surface area contributed by atoms with Gasteiger partial charge in [-0.25, -0.2) is 9.78 Å². The van der Waals surface area contributed by atoms with Crippen LogP contribution in [-0.4, -0.2) is 17.3 Å². The number of alkyl halides is 3. The SMILES string of the molecule is CSc1ccccc1-c1ccccc1NC(=O)Oc1sc(C)nc1C(F)(F)F. The highest BCUT2D eigenvalue weighted by Gasteiger charge is 2.39. The van der Waals surface area contributed by atoms with Gasteiger partial charge in [-0.15, -0.1) is 11.8 Å². The number of hydrogen-bond donors (Lipinski definition) is 1. The maximum Gasteiger partial charge on any atom is 0.438 e. The van der Waals surface area contributed by atoms with E-state index in [1.807, 2.05) is 42.7 Å². The molecule has 0 unspecified atom stereocenters. The van der Waals surface area contributed by atoms with E-state index in [0.29, 0.717) is 17.0 Å². The van der Waals surface area contributed by atoms with Crippen molar-refractivity contribution in [1.82, 2.24) is 4.98 Å². The van der Waals surface area contributed by atoms with Crippen LogP contribution in [0.1, 0.15) is 10.7 Å². The van der Waals surface area contributed by atoms with E-state index in [1.54, 1.807) is 23.9 Å². The van der Waals surface area contributed by atoms with E-state index in [4.69, 9.17) is 4.74 Å². The van der Waals surface area contributed by atoms with Gasteiger partial charge in [-0.3, -0.25) is 5.32 Å². The topological polar surface area (TPSA) is 51.2 Å². The Morgan fingerprint density at radius 3 is 2.43 bits per heavy atom. The molecule has 1 amide bonds. The molecular formula is C19H15F3N2O2S2. The molecule has 28 heavy (non-hydrogen) atoms. The molecule has 0 aliphatic rings. The number of thiazole rings is 1. The summed E-state index contributed by atoms with van der Waals surface area (Å²) in [4.78, 5) is 16.7. The molecule has 3 rings (SSSR count). The summed E-state index contributed by atoms with van der Waals surface area (Å²) in [7, 11) is 0. The molecule has 1 aromatic heterocycles. The Morgan fingerprint density at radius 1 is 1.11 bits per heavy atom. The van der Waals surface area contributed by atoms with Crippen molar-refractivity contribution in [3.8, 4) is 16.2 Å². The average Bonchev–Trinajstić information content (AvgIpc) is 3.02. The van der Waals surface area contributed by atoms with Crippen LogP contribution in [0.15, 0.2) is 53.4 Å². The van der Waals surface area contributed by atoms with Crippen molar-refractivity contribution in [2.75, 3.05) is 11.6 Å². The lowest BCUT2D eigenvalue weighted by molar-refractivity contribution is -0.141. The Balaban J connectivity index is 1.87. The third kappa shape index (κ3) is 4.48. The molecule has 0 saturated heterocycles. The fraction of sp³-hybridized carbons (Fsp3) is 0.158. The molecule has 0 spiro atoms. The molecule has 3 aromatic rings. The van der Waals surface area contributed by atoms with Gasteiger partial charge in [-0.05, 0) is 30.9 Å². The summed E-state index contributed by atoms with van der Waals surface area (Å²) in [5.74, 6) is 0. The molecule has 0 bridgehead atoms. The third-order valence-corrected chi connectivity index (χ3v) is 5.36. The van der Waals surface area contributed by atoms with E-state index in [9.17, 15) is 18.0 Å². The van der Waals surface area contributed by atoms with Crippen LogP contribution in [0.25, 0.3) is 11.1 Å². The number of para-hydroxylation sites is 1. The number of nitrogens with one attached hydrogen (secondary N) is 1. The maximum absolute atomic E-state index is 13.0. The minimum atomic E-state index is -4.70. The Kier molecular flexibility index (Phi) is 5.95. The molecule has 1 N–H and O–H groups in total. The van der Waals surface area contributed by atoms with Crippen LogP contribution in [0, 0.1) is 6.92 Å². The molecular weight excluding hydrogens is 409 g/mol. The Hall–Kier alpha value is -2.52. The van der Waals surface area contributed by atoms with Gasteiger partial charge in [0.15, 0.2) is 5.69 Å². The summed E-state index contributed by atoms with van der Waals surface area (Å²) >= 11 is 2.22. The summed E-state index contributed by atoms with van der Waals surface area (Å²) in [5.41, 5.74) is 0.867.